The van der Waals surface area contributed by atoms with Crippen molar-refractivity contribution in [2.45, 2.75) is 12.2 Å². The summed E-state index contributed by atoms with van der Waals surface area (Å²) in [4.78, 5) is 0. The van der Waals surface area contributed by atoms with E-state index < -0.39 is 11.7 Å². The number of fused-ring (bicyclic) bond motifs is 1. The second kappa shape index (κ2) is 3.86. The Labute approximate surface area is 90.4 Å². The second-order valence-electron chi connectivity index (χ2n) is 3.60. The number of rotatable bonds is 1. The Morgan fingerprint density at radius 3 is 2.81 bits per heavy atom. The molecule has 0 saturated carbocycles. The minimum atomic E-state index is -4.34. The number of hydrogen-bond acceptors (Lipinski definition) is 3. The number of alkyl halides is 3. The molecule has 0 saturated heterocycles. The van der Waals surface area contributed by atoms with Crippen molar-refractivity contribution in [1.82, 2.24) is 0 Å². The molecule has 16 heavy (non-hydrogen) atoms. The summed E-state index contributed by atoms with van der Waals surface area (Å²) in [6.45, 7) is 0.685. The van der Waals surface area contributed by atoms with Crippen molar-refractivity contribution in [2.75, 3.05) is 18.5 Å². The minimum absolute atomic E-state index is 0.143. The molecule has 88 valence electrons. The quantitative estimate of drug-likeness (QED) is 0.776. The average Bonchev–Trinajstić information content (AvgIpc) is 2.26. The molecular weight excluding hydrogens is 221 g/mol. The van der Waals surface area contributed by atoms with Crippen molar-refractivity contribution in [2.24, 2.45) is 5.73 Å². The van der Waals surface area contributed by atoms with Gasteiger partial charge in [0.1, 0.15) is 12.4 Å². The zero-order chi connectivity index (χ0) is 11.8. The lowest BCUT2D eigenvalue weighted by Gasteiger charge is -2.27. The number of nitrogens with two attached hydrogens (primary N) is 1. The van der Waals surface area contributed by atoms with Gasteiger partial charge in [-0.2, -0.15) is 13.2 Å². The zero-order valence-corrected chi connectivity index (χ0v) is 8.34. The molecule has 0 fully saturated rings. The monoisotopic (exact) mass is 232 g/mol. The maximum absolute atomic E-state index is 12.4. The van der Waals surface area contributed by atoms with Crippen molar-refractivity contribution in [3.05, 3.63) is 23.8 Å². The standard InChI is InChI=1S/C10H11F3N2O/c11-10(12,13)6-1-2-9-8(3-6)15-7(4-14)5-16-9/h1-3,7,15H,4-5,14H2. The van der Waals surface area contributed by atoms with Crippen molar-refractivity contribution in [3.8, 4) is 5.75 Å². The minimum Gasteiger partial charge on any atom is -0.489 e. The smallest absolute Gasteiger partial charge is 0.416 e. The third-order valence-corrected chi connectivity index (χ3v) is 2.39. The first-order valence-corrected chi connectivity index (χ1v) is 4.81. The van der Waals surface area contributed by atoms with E-state index in [2.05, 4.69) is 5.32 Å². The fourth-order valence-electron chi connectivity index (χ4n) is 1.52. The number of benzene rings is 1. The van der Waals surface area contributed by atoms with Crippen LogP contribution in [0, 0.1) is 0 Å². The number of anilines is 1. The van der Waals surface area contributed by atoms with Crippen molar-refractivity contribution in [3.63, 3.8) is 0 Å². The van der Waals surface area contributed by atoms with Gasteiger partial charge in [-0.15, -0.1) is 0 Å². The molecule has 1 atom stereocenters. The van der Waals surface area contributed by atoms with Crippen molar-refractivity contribution < 1.29 is 17.9 Å². The summed E-state index contributed by atoms with van der Waals surface area (Å²) < 4.78 is 42.6. The highest BCUT2D eigenvalue weighted by Crippen LogP contribution is 2.36. The summed E-state index contributed by atoms with van der Waals surface area (Å²) in [5, 5.41) is 2.91. The normalized spacial score (nSPS) is 19.6. The zero-order valence-electron chi connectivity index (χ0n) is 8.34. The fraction of sp³-hybridized carbons (Fsp3) is 0.400. The van der Waals surface area contributed by atoms with Gasteiger partial charge in [-0.05, 0) is 18.2 Å². The van der Waals surface area contributed by atoms with E-state index in [1.165, 1.54) is 6.07 Å². The van der Waals surface area contributed by atoms with E-state index >= 15 is 0 Å². The Morgan fingerprint density at radius 1 is 1.44 bits per heavy atom. The Hall–Kier alpha value is -1.43. The summed E-state index contributed by atoms with van der Waals surface area (Å²) in [5.41, 5.74) is 5.07. The van der Waals surface area contributed by atoms with Gasteiger partial charge in [-0.25, -0.2) is 0 Å². The van der Waals surface area contributed by atoms with Gasteiger partial charge in [-0.3, -0.25) is 0 Å². The first-order chi connectivity index (χ1) is 7.50. The molecular formula is C10H11F3N2O. The van der Waals surface area contributed by atoms with Crippen LogP contribution < -0.4 is 15.8 Å². The highest BCUT2D eigenvalue weighted by Gasteiger charge is 2.32. The molecule has 0 bridgehead atoms. The van der Waals surface area contributed by atoms with Crippen molar-refractivity contribution >= 4 is 5.69 Å². The Morgan fingerprint density at radius 2 is 2.19 bits per heavy atom. The number of halogens is 3. The van der Waals surface area contributed by atoms with E-state index in [9.17, 15) is 13.2 Å². The first-order valence-electron chi connectivity index (χ1n) is 4.81. The summed E-state index contributed by atoms with van der Waals surface area (Å²) >= 11 is 0. The van der Waals surface area contributed by atoms with Gasteiger partial charge in [0.2, 0.25) is 0 Å². The lowest BCUT2D eigenvalue weighted by Crippen LogP contribution is -2.37. The van der Waals surface area contributed by atoms with Crippen LogP contribution in [0.5, 0.6) is 5.75 Å². The molecule has 6 heteroatoms. The summed E-state index contributed by atoms with van der Waals surface area (Å²) in [6, 6.07) is 3.22. The molecule has 0 spiro atoms. The molecule has 3 N–H and O–H groups in total. The van der Waals surface area contributed by atoms with Crippen LogP contribution in [0.1, 0.15) is 5.56 Å². The lowest BCUT2D eigenvalue weighted by molar-refractivity contribution is -0.137. The van der Waals surface area contributed by atoms with Crippen LogP contribution in [0.15, 0.2) is 18.2 Å². The summed E-state index contributed by atoms with van der Waals surface area (Å²) in [5.74, 6) is 0.428. The third-order valence-electron chi connectivity index (χ3n) is 2.39. The number of ether oxygens (including phenoxy) is 1. The molecule has 0 aromatic heterocycles. The van der Waals surface area contributed by atoms with E-state index in [1.54, 1.807) is 0 Å². The molecule has 1 aliphatic rings. The van der Waals surface area contributed by atoms with E-state index in [0.29, 0.717) is 24.6 Å². The average molecular weight is 232 g/mol. The molecule has 3 nitrogen and oxygen atoms in total. The van der Waals surface area contributed by atoms with Crippen molar-refractivity contribution in [1.29, 1.82) is 0 Å². The summed E-state index contributed by atoms with van der Waals surface area (Å²) in [6.07, 6.45) is -4.34. The molecule has 1 unspecified atom stereocenters. The number of nitrogens with one attached hydrogen (secondary N) is 1. The van der Waals surface area contributed by atoms with Gasteiger partial charge in [0.05, 0.1) is 17.3 Å². The van der Waals surface area contributed by atoms with Crippen LogP contribution in [-0.2, 0) is 6.18 Å². The molecule has 0 amide bonds. The van der Waals surface area contributed by atoms with Gasteiger partial charge in [0, 0.05) is 6.54 Å². The molecule has 1 heterocycles. The van der Waals surface area contributed by atoms with Gasteiger partial charge < -0.3 is 15.8 Å². The molecule has 1 aromatic rings. The van der Waals surface area contributed by atoms with E-state index in [1.807, 2.05) is 0 Å². The first kappa shape index (κ1) is 11.1. The number of hydrogen-bond donors (Lipinski definition) is 2. The largest absolute Gasteiger partial charge is 0.489 e. The maximum atomic E-state index is 12.4. The fourth-order valence-corrected chi connectivity index (χ4v) is 1.52. The Balaban J connectivity index is 2.31. The van der Waals surface area contributed by atoms with Crippen LogP contribution in [0.4, 0.5) is 18.9 Å². The molecule has 0 aliphatic carbocycles. The molecule has 1 aliphatic heterocycles. The van der Waals surface area contributed by atoms with E-state index in [0.717, 1.165) is 12.1 Å². The maximum Gasteiger partial charge on any atom is 0.416 e. The van der Waals surface area contributed by atoms with Crippen LogP contribution >= 0.6 is 0 Å². The predicted octanol–water partition coefficient (Wildman–Crippen LogP) is 1.84. The highest BCUT2D eigenvalue weighted by atomic mass is 19.4. The topological polar surface area (TPSA) is 47.3 Å². The Kier molecular flexibility index (Phi) is 2.67. The highest BCUT2D eigenvalue weighted by molar-refractivity contribution is 5.60. The van der Waals surface area contributed by atoms with Crippen LogP contribution in [-0.4, -0.2) is 19.2 Å². The Bertz CT molecular complexity index is 392. The molecule has 1 aromatic carbocycles. The van der Waals surface area contributed by atoms with Gasteiger partial charge >= 0.3 is 6.18 Å². The lowest BCUT2D eigenvalue weighted by atomic mass is 10.1. The van der Waals surface area contributed by atoms with E-state index in [-0.39, 0.29) is 6.04 Å². The second-order valence-corrected chi connectivity index (χ2v) is 3.60. The van der Waals surface area contributed by atoms with Gasteiger partial charge in [-0.1, -0.05) is 0 Å². The molecule has 2 rings (SSSR count). The molecule has 0 radical (unpaired) electrons. The SMILES string of the molecule is NCC1COc2ccc(C(F)(F)F)cc2N1. The van der Waals surface area contributed by atoms with Crippen LogP contribution in [0.2, 0.25) is 0 Å². The van der Waals surface area contributed by atoms with Gasteiger partial charge in [0.15, 0.2) is 0 Å². The van der Waals surface area contributed by atoms with Crippen LogP contribution in [0.3, 0.4) is 0 Å². The van der Waals surface area contributed by atoms with E-state index in [4.69, 9.17) is 10.5 Å². The predicted molar refractivity (Wildman–Crippen MR) is 53.4 cm³/mol. The third kappa shape index (κ3) is 2.06. The van der Waals surface area contributed by atoms with Crippen LogP contribution in [0.25, 0.3) is 0 Å². The van der Waals surface area contributed by atoms with Gasteiger partial charge in [0.25, 0.3) is 0 Å². The summed E-state index contributed by atoms with van der Waals surface area (Å²) in [7, 11) is 0.